The summed E-state index contributed by atoms with van der Waals surface area (Å²) in [6, 6.07) is 8.36. The van der Waals surface area contributed by atoms with Gasteiger partial charge in [-0.15, -0.1) is 0 Å². The Bertz CT molecular complexity index is 555. The molecule has 0 aliphatic carbocycles. The molecule has 0 radical (unpaired) electrons. The van der Waals surface area contributed by atoms with Gasteiger partial charge < -0.3 is 10.2 Å². The fourth-order valence-corrected chi connectivity index (χ4v) is 3.40. The van der Waals surface area contributed by atoms with Gasteiger partial charge in [-0.3, -0.25) is 0 Å². The van der Waals surface area contributed by atoms with E-state index in [0.29, 0.717) is 5.41 Å². The molecule has 0 saturated carbocycles. The number of likely N-dealkylation sites (tertiary alicyclic amines) is 1. The van der Waals surface area contributed by atoms with Crippen molar-refractivity contribution >= 4 is 27.4 Å². The maximum atomic E-state index is 4.49. The first-order valence-corrected chi connectivity index (χ1v) is 7.70. The van der Waals surface area contributed by atoms with E-state index in [1.54, 1.807) is 11.5 Å². The van der Waals surface area contributed by atoms with Crippen molar-refractivity contribution in [3.63, 3.8) is 0 Å². The summed E-state index contributed by atoms with van der Waals surface area (Å²) < 4.78 is 4.49. The molecule has 1 N–H and O–H groups in total. The lowest BCUT2D eigenvalue weighted by molar-refractivity contribution is 0.151. The summed E-state index contributed by atoms with van der Waals surface area (Å²) in [6.45, 7) is 5.87. The molecule has 0 spiro atoms. The van der Waals surface area contributed by atoms with Crippen LogP contribution in [0.3, 0.4) is 0 Å². The van der Waals surface area contributed by atoms with Crippen LogP contribution in [0.4, 0.5) is 5.00 Å². The summed E-state index contributed by atoms with van der Waals surface area (Å²) in [5.41, 5.74) is 1.51. The van der Waals surface area contributed by atoms with Gasteiger partial charge in [-0.05, 0) is 62.1 Å². The molecule has 102 valence electrons. The highest BCUT2D eigenvalue weighted by Gasteiger charge is 2.28. The van der Waals surface area contributed by atoms with Crippen LogP contribution >= 0.6 is 11.5 Å². The second-order valence-electron chi connectivity index (χ2n) is 6.00. The van der Waals surface area contributed by atoms with E-state index in [4.69, 9.17) is 0 Å². The van der Waals surface area contributed by atoms with E-state index in [-0.39, 0.29) is 0 Å². The van der Waals surface area contributed by atoms with Crippen LogP contribution in [0.15, 0.2) is 24.3 Å². The van der Waals surface area contributed by atoms with Crippen LogP contribution in [0.5, 0.6) is 0 Å². The van der Waals surface area contributed by atoms with Crippen LogP contribution in [0.1, 0.15) is 19.8 Å². The quantitative estimate of drug-likeness (QED) is 0.930. The number of rotatable bonds is 3. The Morgan fingerprint density at radius 2 is 2.05 bits per heavy atom. The van der Waals surface area contributed by atoms with E-state index in [0.717, 1.165) is 12.1 Å². The first kappa shape index (κ1) is 12.9. The maximum absolute atomic E-state index is 4.49. The number of piperidine rings is 1. The molecular weight excluding hydrogens is 254 g/mol. The normalized spacial score (nSPS) is 19.7. The predicted octanol–water partition coefficient (Wildman–Crippen LogP) is 3.44. The van der Waals surface area contributed by atoms with Gasteiger partial charge in [0.15, 0.2) is 0 Å². The molecule has 1 fully saturated rings. The number of hydrogen-bond donors (Lipinski definition) is 1. The number of nitrogens with one attached hydrogen (secondary N) is 1. The minimum absolute atomic E-state index is 0.414. The SMILES string of the molecule is CN1CCC(C)(CNc2snc3ccccc23)CC1. The van der Waals surface area contributed by atoms with Crippen molar-refractivity contribution in [3.8, 4) is 0 Å². The molecule has 1 aliphatic rings. The van der Waals surface area contributed by atoms with E-state index >= 15 is 0 Å². The highest BCUT2D eigenvalue weighted by Crippen LogP contribution is 2.33. The Morgan fingerprint density at radius 1 is 1.32 bits per heavy atom. The average molecular weight is 275 g/mol. The minimum Gasteiger partial charge on any atom is -0.375 e. The molecule has 4 heteroatoms. The van der Waals surface area contributed by atoms with Crippen molar-refractivity contribution < 1.29 is 0 Å². The van der Waals surface area contributed by atoms with Crippen LogP contribution in [0.2, 0.25) is 0 Å². The summed E-state index contributed by atoms with van der Waals surface area (Å²) in [6.07, 6.45) is 2.54. The zero-order chi connectivity index (χ0) is 13.3. The van der Waals surface area contributed by atoms with Crippen LogP contribution in [0, 0.1) is 5.41 Å². The van der Waals surface area contributed by atoms with Gasteiger partial charge in [0.25, 0.3) is 0 Å². The Kier molecular flexibility index (Phi) is 3.46. The van der Waals surface area contributed by atoms with Crippen LogP contribution in [-0.2, 0) is 0 Å². The lowest BCUT2D eigenvalue weighted by atomic mass is 9.80. The van der Waals surface area contributed by atoms with Gasteiger partial charge in [0, 0.05) is 11.9 Å². The average Bonchev–Trinajstić information content (AvgIpc) is 2.84. The van der Waals surface area contributed by atoms with Crippen molar-refractivity contribution in [2.75, 3.05) is 32.0 Å². The van der Waals surface area contributed by atoms with Crippen molar-refractivity contribution in [2.45, 2.75) is 19.8 Å². The number of hydrogen-bond acceptors (Lipinski definition) is 4. The largest absolute Gasteiger partial charge is 0.375 e. The van der Waals surface area contributed by atoms with Crippen molar-refractivity contribution in [1.29, 1.82) is 0 Å². The lowest BCUT2D eigenvalue weighted by Crippen LogP contribution is -2.39. The Morgan fingerprint density at radius 3 is 2.84 bits per heavy atom. The van der Waals surface area contributed by atoms with Crippen molar-refractivity contribution in [1.82, 2.24) is 9.27 Å². The van der Waals surface area contributed by atoms with E-state index in [1.165, 1.54) is 36.3 Å². The van der Waals surface area contributed by atoms with E-state index in [9.17, 15) is 0 Å². The third-order valence-corrected chi connectivity index (χ3v) is 5.09. The van der Waals surface area contributed by atoms with Gasteiger partial charge in [0.05, 0.1) is 5.52 Å². The number of fused-ring (bicyclic) bond motifs is 1. The van der Waals surface area contributed by atoms with E-state index in [1.807, 2.05) is 6.07 Å². The van der Waals surface area contributed by atoms with Crippen LogP contribution in [-0.4, -0.2) is 36.0 Å². The fraction of sp³-hybridized carbons (Fsp3) is 0.533. The predicted molar refractivity (Wildman–Crippen MR) is 82.9 cm³/mol. The third-order valence-electron chi connectivity index (χ3n) is 4.25. The molecule has 19 heavy (non-hydrogen) atoms. The van der Waals surface area contributed by atoms with Gasteiger partial charge in [0.1, 0.15) is 5.00 Å². The fourth-order valence-electron chi connectivity index (χ4n) is 2.65. The van der Waals surface area contributed by atoms with Gasteiger partial charge >= 0.3 is 0 Å². The van der Waals surface area contributed by atoms with Gasteiger partial charge in [-0.1, -0.05) is 19.1 Å². The Hall–Kier alpha value is -1.13. The van der Waals surface area contributed by atoms with Gasteiger partial charge in [0.2, 0.25) is 0 Å². The number of nitrogens with zero attached hydrogens (tertiary/aromatic N) is 2. The summed E-state index contributed by atoms with van der Waals surface area (Å²) in [7, 11) is 2.21. The molecule has 0 atom stereocenters. The second kappa shape index (κ2) is 5.10. The molecule has 1 aliphatic heterocycles. The number of benzene rings is 1. The molecule has 2 aromatic rings. The standard InChI is InChI=1S/C15H21N3S/c1-15(7-9-18(2)10-8-15)11-16-14-12-5-3-4-6-13(12)17-19-14/h3-6,16H,7-11H2,1-2H3. The molecule has 2 heterocycles. The number of aromatic nitrogens is 1. The highest BCUT2D eigenvalue weighted by molar-refractivity contribution is 7.11. The first-order valence-electron chi connectivity index (χ1n) is 6.93. The molecule has 1 aromatic heterocycles. The number of anilines is 1. The summed E-state index contributed by atoms with van der Waals surface area (Å²) in [4.78, 5) is 2.42. The van der Waals surface area contributed by atoms with Gasteiger partial charge in [-0.25, -0.2) is 0 Å². The van der Waals surface area contributed by atoms with Gasteiger partial charge in [-0.2, -0.15) is 4.37 Å². The summed E-state index contributed by atoms with van der Waals surface area (Å²) in [5, 5.41) is 6.10. The molecule has 0 amide bonds. The summed E-state index contributed by atoms with van der Waals surface area (Å²) >= 11 is 1.58. The lowest BCUT2D eigenvalue weighted by Gasteiger charge is -2.38. The van der Waals surface area contributed by atoms with Crippen molar-refractivity contribution in [3.05, 3.63) is 24.3 Å². The van der Waals surface area contributed by atoms with Crippen LogP contribution in [0.25, 0.3) is 10.9 Å². The highest BCUT2D eigenvalue weighted by atomic mass is 32.1. The molecule has 3 nitrogen and oxygen atoms in total. The molecule has 3 rings (SSSR count). The zero-order valence-electron chi connectivity index (χ0n) is 11.6. The third kappa shape index (κ3) is 2.74. The van der Waals surface area contributed by atoms with Crippen LogP contribution < -0.4 is 5.32 Å². The first-order chi connectivity index (χ1) is 9.16. The molecular formula is C15H21N3S. The van der Waals surface area contributed by atoms with E-state index in [2.05, 4.69) is 46.8 Å². The zero-order valence-corrected chi connectivity index (χ0v) is 12.5. The molecule has 1 aromatic carbocycles. The monoisotopic (exact) mass is 275 g/mol. The summed E-state index contributed by atoms with van der Waals surface area (Å²) in [5.74, 6) is 0. The van der Waals surface area contributed by atoms with Crippen molar-refractivity contribution in [2.24, 2.45) is 5.41 Å². The van der Waals surface area contributed by atoms with E-state index < -0.39 is 0 Å². The Balaban J connectivity index is 1.69. The second-order valence-corrected chi connectivity index (χ2v) is 6.77. The molecule has 1 saturated heterocycles. The topological polar surface area (TPSA) is 28.2 Å². The Labute approximate surface area is 118 Å². The molecule has 0 unspecified atom stereocenters. The molecule has 0 bridgehead atoms. The maximum Gasteiger partial charge on any atom is 0.117 e. The smallest absolute Gasteiger partial charge is 0.117 e. The minimum atomic E-state index is 0.414.